The maximum absolute atomic E-state index is 5.72. The second kappa shape index (κ2) is 7.20. The molecule has 3 heteroatoms. The lowest BCUT2D eigenvalue weighted by molar-refractivity contribution is 0.0418. The van der Waals surface area contributed by atoms with Gasteiger partial charge >= 0.3 is 0 Å². The topological polar surface area (TPSA) is 38.5 Å². The lowest BCUT2D eigenvalue weighted by Gasteiger charge is -2.27. The van der Waals surface area contributed by atoms with Crippen LogP contribution in [0.1, 0.15) is 32.6 Å². The second-order valence-electron chi connectivity index (χ2n) is 4.96. The molecule has 2 N–H and O–H groups in total. The van der Waals surface area contributed by atoms with E-state index in [-0.39, 0.29) is 0 Å². The minimum Gasteiger partial charge on any atom is -0.381 e. The Morgan fingerprint density at radius 1 is 1.53 bits per heavy atom. The van der Waals surface area contributed by atoms with Crippen LogP contribution in [0, 0.1) is 5.92 Å². The van der Waals surface area contributed by atoms with E-state index in [0.29, 0.717) is 6.04 Å². The molecule has 0 bridgehead atoms. The van der Waals surface area contributed by atoms with Crippen molar-refractivity contribution in [3.05, 3.63) is 0 Å². The third kappa shape index (κ3) is 6.13. The first-order valence-electron chi connectivity index (χ1n) is 6.20. The molecule has 0 aliphatic carbocycles. The summed E-state index contributed by atoms with van der Waals surface area (Å²) >= 11 is 0. The molecular formula is C12H26N2O. The SMILES string of the molecule is CC(N)CCCN(C)CC1CCCOC1. The quantitative estimate of drug-likeness (QED) is 0.728. The van der Waals surface area contributed by atoms with Crippen molar-refractivity contribution in [3.8, 4) is 0 Å². The third-order valence-electron chi connectivity index (χ3n) is 3.02. The highest BCUT2D eigenvalue weighted by atomic mass is 16.5. The van der Waals surface area contributed by atoms with Gasteiger partial charge in [0.25, 0.3) is 0 Å². The van der Waals surface area contributed by atoms with Gasteiger partial charge in [0.05, 0.1) is 6.61 Å². The summed E-state index contributed by atoms with van der Waals surface area (Å²) in [5, 5.41) is 0. The van der Waals surface area contributed by atoms with Gasteiger partial charge in [-0.25, -0.2) is 0 Å². The average molecular weight is 214 g/mol. The zero-order chi connectivity index (χ0) is 11.1. The van der Waals surface area contributed by atoms with E-state index in [2.05, 4.69) is 18.9 Å². The van der Waals surface area contributed by atoms with Crippen molar-refractivity contribution in [1.29, 1.82) is 0 Å². The fourth-order valence-corrected chi connectivity index (χ4v) is 2.17. The fraction of sp³-hybridized carbons (Fsp3) is 1.00. The van der Waals surface area contributed by atoms with E-state index in [9.17, 15) is 0 Å². The summed E-state index contributed by atoms with van der Waals surface area (Å²) in [6, 6.07) is 0.344. The normalized spacial score (nSPS) is 24.4. The van der Waals surface area contributed by atoms with Crippen molar-refractivity contribution >= 4 is 0 Å². The standard InChI is InChI=1S/C12H26N2O/c1-11(13)5-3-7-14(2)9-12-6-4-8-15-10-12/h11-12H,3-10,13H2,1-2H3. The molecule has 1 rings (SSSR count). The van der Waals surface area contributed by atoms with Crippen LogP contribution in [0.25, 0.3) is 0 Å². The average Bonchev–Trinajstić information content (AvgIpc) is 2.18. The summed E-state index contributed by atoms with van der Waals surface area (Å²) in [5.74, 6) is 0.749. The Hall–Kier alpha value is -0.120. The molecule has 90 valence electrons. The summed E-state index contributed by atoms with van der Waals surface area (Å²) in [4.78, 5) is 2.42. The van der Waals surface area contributed by atoms with Crippen LogP contribution in [-0.4, -0.2) is 44.3 Å². The molecule has 2 unspecified atom stereocenters. The maximum Gasteiger partial charge on any atom is 0.0506 e. The molecule has 15 heavy (non-hydrogen) atoms. The molecule has 0 saturated carbocycles. The van der Waals surface area contributed by atoms with Crippen molar-refractivity contribution in [2.45, 2.75) is 38.6 Å². The molecule has 2 atom stereocenters. The predicted octanol–water partition coefficient (Wildman–Crippen LogP) is 1.47. The van der Waals surface area contributed by atoms with Gasteiger partial charge in [-0.05, 0) is 52.1 Å². The van der Waals surface area contributed by atoms with Crippen molar-refractivity contribution < 1.29 is 4.74 Å². The predicted molar refractivity (Wildman–Crippen MR) is 63.9 cm³/mol. The lowest BCUT2D eigenvalue weighted by Crippen LogP contribution is -2.32. The van der Waals surface area contributed by atoms with E-state index in [0.717, 1.165) is 32.1 Å². The molecule has 1 saturated heterocycles. The zero-order valence-corrected chi connectivity index (χ0v) is 10.2. The summed E-state index contributed by atoms with van der Waals surface area (Å²) in [7, 11) is 2.20. The van der Waals surface area contributed by atoms with Gasteiger partial charge in [-0.1, -0.05) is 0 Å². The molecule has 1 fully saturated rings. The smallest absolute Gasteiger partial charge is 0.0506 e. The minimum absolute atomic E-state index is 0.344. The molecule has 1 heterocycles. The Labute approximate surface area is 94.0 Å². The third-order valence-corrected chi connectivity index (χ3v) is 3.02. The van der Waals surface area contributed by atoms with E-state index < -0.39 is 0 Å². The number of hydrogen-bond acceptors (Lipinski definition) is 3. The first-order chi connectivity index (χ1) is 7.18. The Kier molecular flexibility index (Phi) is 6.22. The van der Waals surface area contributed by atoms with Crippen LogP contribution < -0.4 is 5.73 Å². The number of nitrogens with zero attached hydrogens (tertiary/aromatic N) is 1. The Balaban J connectivity index is 2.03. The Morgan fingerprint density at radius 3 is 2.93 bits per heavy atom. The van der Waals surface area contributed by atoms with Crippen LogP contribution in [0.15, 0.2) is 0 Å². The molecule has 1 aliphatic heterocycles. The van der Waals surface area contributed by atoms with Crippen molar-refractivity contribution in [3.63, 3.8) is 0 Å². The van der Waals surface area contributed by atoms with Gasteiger partial charge in [0, 0.05) is 19.2 Å². The van der Waals surface area contributed by atoms with Gasteiger partial charge in [-0.2, -0.15) is 0 Å². The van der Waals surface area contributed by atoms with Gasteiger partial charge in [0.15, 0.2) is 0 Å². The molecule has 0 radical (unpaired) electrons. The van der Waals surface area contributed by atoms with Crippen LogP contribution in [0.5, 0.6) is 0 Å². The molecule has 0 aromatic rings. The van der Waals surface area contributed by atoms with E-state index in [1.165, 1.54) is 25.8 Å². The number of nitrogens with two attached hydrogens (primary N) is 1. The highest BCUT2D eigenvalue weighted by Crippen LogP contribution is 2.14. The number of hydrogen-bond donors (Lipinski definition) is 1. The highest BCUT2D eigenvalue weighted by Gasteiger charge is 2.15. The Morgan fingerprint density at radius 2 is 2.33 bits per heavy atom. The fourth-order valence-electron chi connectivity index (χ4n) is 2.17. The van der Waals surface area contributed by atoms with Crippen molar-refractivity contribution in [2.24, 2.45) is 11.7 Å². The van der Waals surface area contributed by atoms with Crippen molar-refractivity contribution in [2.75, 3.05) is 33.4 Å². The molecule has 0 aromatic carbocycles. The molecular weight excluding hydrogens is 188 g/mol. The van der Waals surface area contributed by atoms with Crippen LogP contribution in [-0.2, 0) is 4.74 Å². The largest absolute Gasteiger partial charge is 0.381 e. The van der Waals surface area contributed by atoms with Crippen LogP contribution in [0.4, 0.5) is 0 Å². The van der Waals surface area contributed by atoms with E-state index >= 15 is 0 Å². The second-order valence-corrected chi connectivity index (χ2v) is 4.96. The molecule has 1 aliphatic rings. The van der Waals surface area contributed by atoms with Gasteiger partial charge < -0.3 is 15.4 Å². The van der Waals surface area contributed by atoms with Gasteiger partial charge in [-0.15, -0.1) is 0 Å². The van der Waals surface area contributed by atoms with E-state index in [4.69, 9.17) is 10.5 Å². The molecule has 0 aromatic heterocycles. The summed E-state index contributed by atoms with van der Waals surface area (Å²) in [5.41, 5.74) is 5.72. The highest BCUT2D eigenvalue weighted by molar-refractivity contribution is 4.67. The molecule has 0 spiro atoms. The first kappa shape index (κ1) is 12.9. The molecule has 3 nitrogen and oxygen atoms in total. The number of rotatable bonds is 6. The first-order valence-corrected chi connectivity index (χ1v) is 6.20. The van der Waals surface area contributed by atoms with E-state index in [1.54, 1.807) is 0 Å². The van der Waals surface area contributed by atoms with Crippen molar-refractivity contribution in [1.82, 2.24) is 4.90 Å². The van der Waals surface area contributed by atoms with Crippen LogP contribution in [0.2, 0.25) is 0 Å². The molecule has 0 amide bonds. The van der Waals surface area contributed by atoms with Crippen LogP contribution in [0.3, 0.4) is 0 Å². The van der Waals surface area contributed by atoms with Crippen LogP contribution >= 0.6 is 0 Å². The summed E-state index contributed by atoms with van der Waals surface area (Å²) in [6.07, 6.45) is 4.91. The van der Waals surface area contributed by atoms with Gasteiger partial charge in [0.2, 0.25) is 0 Å². The van der Waals surface area contributed by atoms with Gasteiger partial charge in [0.1, 0.15) is 0 Å². The monoisotopic (exact) mass is 214 g/mol. The summed E-state index contributed by atoms with van der Waals surface area (Å²) in [6.45, 7) is 6.34. The minimum atomic E-state index is 0.344. The Bertz CT molecular complexity index is 156. The zero-order valence-electron chi connectivity index (χ0n) is 10.2. The van der Waals surface area contributed by atoms with E-state index in [1.807, 2.05) is 0 Å². The maximum atomic E-state index is 5.72. The van der Waals surface area contributed by atoms with Gasteiger partial charge in [-0.3, -0.25) is 0 Å². The summed E-state index contributed by atoms with van der Waals surface area (Å²) < 4.78 is 5.48. The lowest BCUT2D eigenvalue weighted by atomic mass is 10.0. The number of ether oxygens (including phenoxy) is 1.